The van der Waals surface area contributed by atoms with E-state index >= 15 is 0 Å². The summed E-state index contributed by atoms with van der Waals surface area (Å²) in [6.45, 7) is 0. The van der Waals surface area contributed by atoms with E-state index in [1.165, 1.54) is 0 Å². The number of nitrogens with two attached hydrogens (primary N) is 1. The largest absolute Gasteiger partial charge is 0.369 e. The number of carbonyl (C=O) groups is 1. The minimum absolute atomic E-state index is 0.417. The number of rotatable bonds is 3. The van der Waals surface area contributed by atoms with Gasteiger partial charge < -0.3 is 5.73 Å². The Kier molecular flexibility index (Phi) is 4.13. The number of nitriles is 1. The number of hydrogen-bond donors (Lipinski definition) is 1. The van der Waals surface area contributed by atoms with Crippen molar-refractivity contribution < 1.29 is 4.79 Å². The van der Waals surface area contributed by atoms with Gasteiger partial charge in [0.2, 0.25) is 5.91 Å². The zero-order valence-electron chi connectivity index (χ0n) is 7.71. The molecule has 1 unspecified atom stereocenters. The van der Waals surface area contributed by atoms with Crippen LogP contribution in [0.3, 0.4) is 0 Å². The summed E-state index contributed by atoms with van der Waals surface area (Å²) in [5, 5.41) is 9.10. The van der Waals surface area contributed by atoms with Gasteiger partial charge in [0.1, 0.15) is 0 Å². The first-order valence-corrected chi connectivity index (χ1v) is 5.46. The standard InChI is InChI=1S/C10H8BrClN2O/c11-8(10(14)15)4-7-2-1-6(5-13)3-9(7)12/h1-3,8H,4H2,(H2,14,15). The summed E-state index contributed by atoms with van der Waals surface area (Å²) in [7, 11) is 0. The Morgan fingerprint density at radius 2 is 2.33 bits per heavy atom. The van der Waals surface area contributed by atoms with Crippen LogP contribution in [-0.2, 0) is 11.2 Å². The summed E-state index contributed by atoms with van der Waals surface area (Å²) in [6, 6.07) is 6.93. The smallest absolute Gasteiger partial charge is 0.231 e. The summed E-state index contributed by atoms with van der Waals surface area (Å²) in [4.78, 5) is 10.4. The highest BCUT2D eigenvalue weighted by molar-refractivity contribution is 9.10. The Morgan fingerprint density at radius 1 is 1.67 bits per heavy atom. The summed E-state index contributed by atoms with van der Waals surface area (Å²) >= 11 is 9.08. The monoisotopic (exact) mass is 286 g/mol. The van der Waals surface area contributed by atoms with Crippen LogP contribution in [0.15, 0.2) is 18.2 Å². The Bertz CT molecular complexity index is 428. The maximum absolute atomic E-state index is 10.8. The van der Waals surface area contributed by atoms with Crippen LogP contribution in [0.4, 0.5) is 0 Å². The fourth-order valence-corrected chi connectivity index (χ4v) is 1.68. The van der Waals surface area contributed by atoms with Gasteiger partial charge in [0.25, 0.3) is 0 Å². The second-order valence-electron chi connectivity index (χ2n) is 2.99. The molecule has 1 aromatic rings. The third kappa shape index (κ3) is 3.22. The molecule has 15 heavy (non-hydrogen) atoms. The molecular weight excluding hydrogens is 279 g/mol. The number of alkyl halides is 1. The topological polar surface area (TPSA) is 66.9 Å². The molecule has 1 amide bonds. The molecule has 1 atom stereocenters. The van der Waals surface area contributed by atoms with Gasteiger partial charge in [0.15, 0.2) is 0 Å². The second-order valence-corrected chi connectivity index (χ2v) is 4.50. The lowest BCUT2D eigenvalue weighted by atomic mass is 10.1. The van der Waals surface area contributed by atoms with E-state index < -0.39 is 10.7 Å². The number of halogens is 2. The molecule has 0 spiro atoms. The number of nitrogens with zero attached hydrogens (tertiary/aromatic N) is 1. The Hall–Kier alpha value is -1.05. The zero-order valence-corrected chi connectivity index (χ0v) is 10.0. The maximum atomic E-state index is 10.8. The minimum Gasteiger partial charge on any atom is -0.369 e. The summed E-state index contributed by atoms with van der Waals surface area (Å²) in [5.74, 6) is -0.435. The Labute approximate surface area is 101 Å². The molecule has 0 aromatic heterocycles. The third-order valence-electron chi connectivity index (χ3n) is 1.89. The van der Waals surface area contributed by atoms with Crippen molar-refractivity contribution in [3.05, 3.63) is 34.3 Å². The van der Waals surface area contributed by atoms with Gasteiger partial charge in [-0.1, -0.05) is 33.6 Å². The number of benzene rings is 1. The van der Waals surface area contributed by atoms with E-state index in [9.17, 15) is 4.79 Å². The van der Waals surface area contributed by atoms with Gasteiger partial charge in [-0.15, -0.1) is 0 Å². The lowest BCUT2D eigenvalue weighted by molar-refractivity contribution is -0.117. The predicted octanol–water partition coefficient (Wildman–Crippen LogP) is 2.00. The molecule has 0 saturated carbocycles. The quantitative estimate of drug-likeness (QED) is 0.864. The third-order valence-corrected chi connectivity index (χ3v) is 3.02. The average molecular weight is 288 g/mol. The molecule has 3 nitrogen and oxygen atoms in total. The van der Waals surface area contributed by atoms with Crippen LogP contribution >= 0.6 is 27.5 Å². The van der Waals surface area contributed by atoms with E-state index in [-0.39, 0.29) is 0 Å². The van der Waals surface area contributed by atoms with E-state index in [0.29, 0.717) is 17.0 Å². The molecule has 0 saturated heterocycles. The van der Waals surface area contributed by atoms with Gasteiger partial charge in [0.05, 0.1) is 16.5 Å². The van der Waals surface area contributed by atoms with E-state index in [1.54, 1.807) is 18.2 Å². The van der Waals surface area contributed by atoms with Crippen LogP contribution in [0.5, 0.6) is 0 Å². The highest BCUT2D eigenvalue weighted by atomic mass is 79.9. The van der Waals surface area contributed by atoms with E-state index in [2.05, 4.69) is 15.9 Å². The summed E-state index contributed by atoms with van der Waals surface area (Å²) < 4.78 is 0. The van der Waals surface area contributed by atoms with Gasteiger partial charge in [-0.3, -0.25) is 4.79 Å². The fraction of sp³-hybridized carbons (Fsp3) is 0.200. The number of amides is 1. The first-order valence-electron chi connectivity index (χ1n) is 4.16. The molecule has 0 heterocycles. The second kappa shape index (κ2) is 5.15. The van der Waals surface area contributed by atoms with Gasteiger partial charge >= 0.3 is 0 Å². The van der Waals surface area contributed by atoms with E-state index in [0.717, 1.165) is 5.56 Å². The lowest BCUT2D eigenvalue weighted by Gasteiger charge is -2.07. The van der Waals surface area contributed by atoms with Gasteiger partial charge in [-0.25, -0.2) is 0 Å². The van der Waals surface area contributed by atoms with Crippen molar-refractivity contribution >= 4 is 33.4 Å². The predicted molar refractivity (Wildman–Crippen MR) is 61.8 cm³/mol. The highest BCUT2D eigenvalue weighted by Crippen LogP contribution is 2.21. The molecule has 0 aliphatic rings. The average Bonchev–Trinajstić information content (AvgIpc) is 2.20. The van der Waals surface area contributed by atoms with Crippen LogP contribution < -0.4 is 5.73 Å². The number of hydrogen-bond acceptors (Lipinski definition) is 2. The van der Waals surface area contributed by atoms with E-state index in [1.807, 2.05) is 6.07 Å². The molecule has 2 N–H and O–H groups in total. The van der Waals surface area contributed by atoms with Crippen molar-refractivity contribution in [3.63, 3.8) is 0 Å². The van der Waals surface area contributed by atoms with Crippen molar-refractivity contribution in [2.75, 3.05) is 0 Å². The fourth-order valence-electron chi connectivity index (χ4n) is 1.08. The van der Waals surface area contributed by atoms with Crippen LogP contribution in [0.25, 0.3) is 0 Å². The van der Waals surface area contributed by atoms with Crippen molar-refractivity contribution in [1.82, 2.24) is 0 Å². The molecular formula is C10H8BrClN2O. The Morgan fingerprint density at radius 3 is 2.80 bits per heavy atom. The van der Waals surface area contributed by atoms with Crippen LogP contribution in [0.1, 0.15) is 11.1 Å². The van der Waals surface area contributed by atoms with Crippen LogP contribution in [-0.4, -0.2) is 10.7 Å². The highest BCUT2D eigenvalue weighted by Gasteiger charge is 2.13. The number of primary amides is 1. The SMILES string of the molecule is N#Cc1ccc(CC(Br)C(N)=O)c(Cl)c1. The van der Waals surface area contributed by atoms with Gasteiger partial charge in [-0.2, -0.15) is 5.26 Å². The van der Waals surface area contributed by atoms with E-state index in [4.69, 9.17) is 22.6 Å². The molecule has 0 aliphatic heterocycles. The Balaban J connectivity index is 2.88. The molecule has 0 aliphatic carbocycles. The first kappa shape index (κ1) is 12.0. The normalized spacial score (nSPS) is 11.8. The van der Waals surface area contributed by atoms with Crippen LogP contribution in [0.2, 0.25) is 5.02 Å². The van der Waals surface area contributed by atoms with Crippen molar-refractivity contribution in [2.24, 2.45) is 5.73 Å². The number of carbonyl (C=O) groups excluding carboxylic acids is 1. The minimum atomic E-state index is -0.442. The first-order chi connectivity index (χ1) is 7.04. The maximum Gasteiger partial charge on any atom is 0.231 e. The van der Waals surface area contributed by atoms with Crippen molar-refractivity contribution in [3.8, 4) is 6.07 Å². The molecule has 1 aromatic carbocycles. The molecule has 0 bridgehead atoms. The molecule has 78 valence electrons. The van der Waals surface area contributed by atoms with Crippen molar-refractivity contribution in [1.29, 1.82) is 5.26 Å². The lowest BCUT2D eigenvalue weighted by Crippen LogP contribution is -2.25. The summed E-state index contributed by atoms with van der Waals surface area (Å²) in [6.07, 6.45) is 0.417. The summed E-state index contributed by atoms with van der Waals surface area (Å²) in [5.41, 5.74) is 6.39. The molecule has 5 heteroatoms. The molecule has 1 rings (SSSR count). The molecule has 0 radical (unpaired) electrons. The zero-order chi connectivity index (χ0) is 11.4. The van der Waals surface area contributed by atoms with Crippen LogP contribution in [0, 0.1) is 11.3 Å². The van der Waals surface area contributed by atoms with Gasteiger partial charge in [-0.05, 0) is 24.1 Å². The van der Waals surface area contributed by atoms with Crippen molar-refractivity contribution in [2.45, 2.75) is 11.2 Å². The molecule has 0 fully saturated rings. The van der Waals surface area contributed by atoms with Gasteiger partial charge in [0, 0.05) is 5.02 Å².